The van der Waals surface area contributed by atoms with Crippen LogP contribution in [0.4, 0.5) is 15.8 Å². The Labute approximate surface area is 139 Å². The Balaban J connectivity index is 1.69. The zero-order valence-electron chi connectivity index (χ0n) is 12.5. The van der Waals surface area contributed by atoms with Gasteiger partial charge in [0.05, 0.1) is 16.4 Å². The number of benzene rings is 2. The molecule has 120 valence electrons. The lowest BCUT2D eigenvalue weighted by atomic mass is 10.1. The van der Waals surface area contributed by atoms with Crippen LogP contribution in [-0.4, -0.2) is 37.0 Å². The molecule has 2 N–H and O–H groups in total. The fourth-order valence-electron chi connectivity index (χ4n) is 2.77. The molecule has 0 unspecified atom stereocenters. The molecule has 1 aliphatic rings. The van der Waals surface area contributed by atoms with Crippen molar-refractivity contribution in [3.8, 4) is 0 Å². The molecule has 0 bridgehead atoms. The highest BCUT2D eigenvalue weighted by Crippen LogP contribution is 2.32. The normalized spacial score (nSPS) is 14.9. The van der Waals surface area contributed by atoms with Crippen LogP contribution < -0.4 is 10.6 Å². The smallest absolute Gasteiger partial charge is 0.253 e. The van der Waals surface area contributed by atoms with Gasteiger partial charge in [-0.2, -0.15) is 0 Å². The first kappa shape index (κ1) is 15.6. The molecule has 3 rings (SSSR count). The molecule has 0 radical (unpaired) electrons. The van der Waals surface area contributed by atoms with Gasteiger partial charge in [-0.3, -0.25) is 4.79 Å². The van der Waals surface area contributed by atoms with Gasteiger partial charge in [-0.05, 0) is 36.4 Å². The van der Waals surface area contributed by atoms with E-state index < -0.39 is 0 Å². The van der Waals surface area contributed by atoms with Crippen molar-refractivity contribution in [3.63, 3.8) is 0 Å². The highest BCUT2D eigenvalue weighted by Gasteiger charge is 2.24. The third-order valence-electron chi connectivity index (χ3n) is 3.99. The molecule has 0 aromatic heterocycles. The van der Waals surface area contributed by atoms with Gasteiger partial charge in [0.2, 0.25) is 0 Å². The van der Waals surface area contributed by atoms with E-state index in [1.165, 1.54) is 24.3 Å². The Kier molecular flexibility index (Phi) is 4.39. The van der Waals surface area contributed by atoms with Crippen molar-refractivity contribution in [2.24, 2.45) is 0 Å². The fourth-order valence-corrected chi connectivity index (χ4v) is 3.08. The molecule has 0 atom stereocenters. The molecule has 6 heteroatoms. The fraction of sp³-hybridized carbons (Fsp3) is 0.235. The quantitative estimate of drug-likeness (QED) is 0.859. The Morgan fingerprint density at radius 1 is 1.04 bits per heavy atom. The number of hydrogen-bond donors (Lipinski definition) is 1. The van der Waals surface area contributed by atoms with Gasteiger partial charge in [-0.1, -0.05) is 17.7 Å². The van der Waals surface area contributed by atoms with Gasteiger partial charge in [0.25, 0.3) is 5.91 Å². The van der Waals surface area contributed by atoms with Crippen LogP contribution in [-0.2, 0) is 0 Å². The van der Waals surface area contributed by atoms with Crippen molar-refractivity contribution in [2.45, 2.75) is 0 Å². The van der Waals surface area contributed by atoms with Gasteiger partial charge >= 0.3 is 0 Å². The summed E-state index contributed by atoms with van der Waals surface area (Å²) in [6.45, 7) is 2.45. The average Bonchev–Trinajstić information content (AvgIpc) is 2.55. The summed E-state index contributed by atoms with van der Waals surface area (Å²) in [5, 5.41) is 0.614. The average molecular weight is 334 g/mol. The number of nitrogens with two attached hydrogens (primary N) is 1. The van der Waals surface area contributed by atoms with Crippen molar-refractivity contribution in [3.05, 3.63) is 58.9 Å². The van der Waals surface area contributed by atoms with E-state index in [0.29, 0.717) is 42.5 Å². The van der Waals surface area contributed by atoms with Crippen LogP contribution in [0, 0.1) is 5.82 Å². The first-order chi connectivity index (χ1) is 11.1. The number of piperazine rings is 1. The van der Waals surface area contributed by atoms with E-state index in [9.17, 15) is 9.18 Å². The summed E-state index contributed by atoms with van der Waals surface area (Å²) in [6.07, 6.45) is 0. The van der Waals surface area contributed by atoms with E-state index in [-0.39, 0.29) is 11.7 Å². The molecule has 4 nitrogen and oxygen atoms in total. The van der Waals surface area contributed by atoms with Gasteiger partial charge in [0.15, 0.2) is 0 Å². The number of para-hydroxylation sites is 1. The molecule has 1 fully saturated rings. The van der Waals surface area contributed by atoms with Crippen molar-refractivity contribution < 1.29 is 9.18 Å². The molecule has 2 aromatic carbocycles. The summed E-state index contributed by atoms with van der Waals surface area (Å²) < 4.78 is 13.0. The van der Waals surface area contributed by atoms with E-state index in [0.717, 1.165) is 5.69 Å². The van der Waals surface area contributed by atoms with E-state index in [1.54, 1.807) is 4.90 Å². The van der Waals surface area contributed by atoms with Gasteiger partial charge in [0.1, 0.15) is 5.82 Å². The summed E-state index contributed by atoms with van der Waals surface area (Å²) in [7, 11) is 0. The Morgan fingerprint density at radius 3 is 2.30 bits per heavy atom. The van der Waals surface area contributed by atoms with Crippen molar-refractivity contribution >= 4 is 28.9 Å². The monoisotopic (exact) mass is 333 g/mol. The van der Waals surface area contributed by atoms with Crippen LogP contribution in [0.3, 0.4) is 0 Å². The number of amides is 1. The standard InChI is InChI=1S/C17H17ClFN3O/c18-14-2-1-3-15(20)16(14)21-8-10-22(11-9-21)17(23)12-4-6-13(19)7-5-12/h1-7H,8-11,20H2. The molecule has 23 heavy (non-hydrogen) atoms. The number of halogens is 2. The molecule has 0 spiro atoms. The zero-order valence-corrected chi connectivity index (χ0v) is 13.3. The second-order valence-corrected chi connectivity index (χ2v) is 5.87. The number of nitrogens with zero attached hydrogens (tertiary/aromatic N) is 2. The minimum absolute atomic E-state index is 0.0863. The highest BCUT2D eigenvalue weighted by atomic mass is 35.5. The maximum Gasteiger partial charge on any atom is 0.253 e. The molecule has 1 saturated heterocycles. The second kappa shape index (κ2) is 6.46. The summed E-state index contributed by atoms with van der Waals surface area (Å²) in [4.78, 5) is 16.3. The number of rotatable bonds is 2. The number of carbonyl (C=O) groups excluding carboxylic acids is 1. The first-order valence-corrected chi connectivity index (χ1v) is 7.78. The topological polar surface area (TPSA) is 49.6 Å². The maximum atomic E-state index is 13.0. The summed E-state index contributed by atoms with van der Waals surface area (Å²) in [6, 6.07) is 11.1. The van der Waals surface area contributed by atoms with Crippen LogP contribution in [0.5, 0.6) is 0 Å². The third kappa shape index (κ3) is 3.24. The SMILES string of the molecule is Nc1cccc(Cl)c1N1CCN(C(=O)c2ccc(F)cc2)CC1. The summed E-state index contributed by atoms with van der Waals surface area (Å²) in [5.74, 6) is -0.433. The predicted octanol–water partition coefficient (Wildman–Crippen LogP) is 3.02. The Morgan fingerprint density at radius 2 is 1.70 bits per heavy atom. The molecule has 0 saturated carbocycles. The highest BCUT2D eigenvalue weighted by molar-refractivity contribution is 6.34. The van der Waals surface area contributed by atoms with Crippen LogP contribution >= 0.6 is 11.6 Å². The van der Waals surface area contributed by atoms with E-state index in [4.69, 9.17) is 17.3 Å². The number of anilines is 2. The largest absolute Gasteiger partial charge is 0.397 e. The van der Waals surface area contributed by atoms with Gasteiger partial charge < -0.3 is 15.5 Å². The van der Waals surface area contributed by atoms with Gasteiger partial charge in [0, 0.05) is 31.7 Å². The Hall–Kier alpha value is -2.27. The molecular formula is C17H17ClFN3O. The van der Waals surface area contributed by atoms with Gasteiger partial charge in [-0.25, -0.2) is 4.39 Å². The Bertz CT molecular complexity index is 692. The lowest BCUT2D eigenvalue weighted by Gasteiger charge is -2.37. The van der Waals surface area contributed by atoms with Crippen LogP contribution in [0.15, 0.2) is 42.5 Å². The van der Waals surface area contributed by atoms with Crippen molar-refractivity contribution in [1.29, 1.82) is 0 Å². The molecule has 2 aromatic rings. The minimum atomic E-state index is -0.347. The van der Waals surface area contributed by atoms with Gasteiger partial charge in [-0.15, -0.1) is 0 Å². The molecule has 1 heterocycles. The van der Waals surface area contributed by atoms with Crippen molar-refractivity contribution in [1.82, 2.24) is 4.90 Å². The first-order valence-electron chi connectivity index (χ1n) is 7.40. The van der Waals surface area contributed by atoms with Crippen LogP contribution in [0.1, 0.15) is 10.4 Å². The minimum Gasteiger partial charge on any atom is -0.397 e. The number of hydrogen-bond acceptors (Lipinski definition) is 3. The molecular weight excluding hydrogens is 317 g/mol. The number of carbonyl (C=O) groups is 1. The molecule has 1 amide bonds. The van der Waals surface area contributed by atoms with Crippen LogP contribution in [0.2, 0.25) is 5.02 Å². The van der Waals surface area contributed by atoms with Crippen molar-refractivity contribution in [2.75, 3.05) is 36.8 Å². The van der Waals surface area contributed by atoms with Crippen LogP contribution in [0.25, 0.3) is 0 Å². The zero-order chi connectivity index (χ0) is 16.4. The van der Waals surface area contributed by atoms with E-state index in [1.807, 2.05) is 18.2 Å². The summed E-state index contributed by atoms with van der Waals surface area (Å²) in [5.41, 5.74) is 7.96. The van der Waals surface area contributed by atoms with E-state index in [2.05, 4.69) is 4.90 Å². The molecule has 0 aliphatic carbocycles. The lowest BCUT2D eigenvalue weighted by Crippen LogP contribution is -2.49. The predicted molar refractivity (Wildman–Crippen MR) is 90.4 cm³/mol. The lowest BCUT2D eigenvalue weighted by molar-refractivity contribution is 0.0747. The molecule has 1 aliphatic heterocycles. The second-order valence-electron chi connectivity index (χ2n) is 5.46. The third-order valence-corrected chi connectivity index (χ3v) is 4.30. The maximum absolute atomic E-state index is 13.0. The number of nitrogen functional groups attached to an aromatic ring is 1. The summed E-state index contributed by atoms with van der Waals surface area (Å²) >= 11 is 6.23. The van der Waals surface area contributed by atoms with E-state index >= 15 is 0 Å².